The van der Waals surface area contributed by atoms with Crippen molar-refractivity contribution in [3.63, 3.8) is 0 Å². The first-order valence-corrected chi connectivity index (χ1v) is 5.21. The van der Waals surface area contributed by atoms with Gasteiger partial charge in [-0.3, -0.25) is 0 Å². The summed E-state index contributed by atoms with van der Waals surface area (Å²) >= 11 is 5.94. The van der Waals surface area contributed by atoms with E-state index < -0.39 is 0 Å². The minimum absolute atomic E-state index is 0.0924. The molecular weight excluding hydrogens is 213 g/mol. The van der Waals surface area contributed by atoms with Crippen LogP contribution in [0.3, 0.4) is 0 Å². The van der Waals surface area contributed by atoms with E-state index in [1.54, 1.807) is 6.07 Å². The van der Waals surface area contributed by atoms with E-state index in [1.807, 2.05) is 13.8 Å². The summed E-state index contributed by atoms with van der Waals surface area (Å²) < 4.78 is 12.8. The van der Waals surface area contributed by atoms with Crippen molar-refractivity contribution < 1.29 is 4.39 Å². The van der Waals surface area contributed by atoms with Crippen molar-refractivity contribution in [3.05, 3.63) is 46.8 Å². The average Bonchev–Trinajstić information content (AvgIpc) is 2.14. The van der Waals surface area contributed by atoms with Crippen LogP contribution in [-0.2, 0) is 0 Å². The Morgan fingerprint density at radius 1 is 1.60 bits per heavy atom. The van der Waals surface area contributed by atoms with Gasteiger partial charge in [-0.05, 0) is 31.5 Å². The van der Waals surface area contributed by atoms with E-state index in [0.29, 0.717) is 5.02 Å². The van der Waals surface area contributed by atoms with Crippen molar-refractivity contribution in [1.82, 2.24) is 5.32 Å². The lowest BCUT2D eigenvalue weighted by molar-refractivity contribution is 0.599. The van der Waals surface area contributed by atoms with Crippen LogP contribution < -0.4 is 5.32 Å². The Morgan fingerprint density at radius 2 is 2.27 bits per heavy atom. The third-order valence-corrected chi connectivity index (χ3v) is 2.47. The third-order valence-electron chi connectivity index (χ3n) is 2.14. The number of hydrogen-bond acceptors (Lipinski definition) is 1. The van der Waals surface area contributed by atoms with E-state index >= 15 is 0 Å². The molecule has 0 saturated carbocycles. The van der Waals surface area contributed by atoms with Gasteiger partial charge in [0.1, 0.15) is 5.82 Å². The second-order valence-electron chi connectivity index (χ2n) is 3.73. The number of rotatable bonds is 4. The number of nitrogens with one attached hydrogen (secondary N) is 1. The highest BCUT2D eigenvalue weighted by atomic mass is 35.5. The Kier molecular flexibility index (Phi) is 4.30. The van der Waals surface area contributed by atoms with Crippen LogP contribution in [0.15, 0.2) is 30.4 Å². The largest absolute Gasteiger partial charge is 0.306 e. The fourth-order valence-corrected chi connectivity index (χ4v) is 1.62. The molecule has 82 valence electrons. The fourth-order valence-electron chi connectivity index (χ4n) is 1.29. The molecule has 0 aliphatic carbocycles. The van der Waals surface area contributed by atoms with Gasteiger partial charge in [0.25, 0.3) is 0 Å². The summed E-state index contributed by atoms with van der Waals surface area (Å²) in [6, 6.07) is 4.54. The second-order valence-corrected chi connectivity index (χ2v) is 4.13. The molecule has 0 heterocycles. The van der Waals surface area contributed by atoms with Gasteiger partial charge in [0.15, 0.2) is 0 Å². The second kappa shape index (κ2) is 5.29. The van der Waals surface area contributed by atoms with Gasteiger partial charge in [-0.2, -0.15) is 0 Å². The van der Waals surface area contributed by atoms with E-state index in [0.717, 1.165) is 17.7 Å². The summed E-state index contributed by atoms with van der Waals surface area (Å²) in [5, 5.41) is 3.71. The van der Waals surface area contributed by atoms with Gasteiger partial charge < -0.3 is 5.32 Å². The molecule has 1 aromatic rings. The minimum atomic E-state index is -0.309. The lowest BCUT2D eigenvalue weighted by Crippen LogP contribution is -2.20. The lowest BCUT2D eigenvalue weighted by atomic mass is 10.1. The SMILES string of the molecule is C=C(C)CNC(C)c1ccc(F)cc1Cl. The number of halogens is 2. The highest BCUT2D eigenvalue weighted by Gasteiger charge is 2.09. The first-order valence-electron chi connectivity index (χ1n) is 4.83. The molecule has 0 radical (unpaired) electrons. The Bertz CT molecular complexity index is 363. The zero-order valence-electron chi connectivity index (χ0n) is 8.98. The van der Waals surface area contributed by atoms with Gasteiger partial charge in [-0.15, -0.1) is 0 Å². The van der Waals surface area contributed by atoms with Crippen molar-refractivity contribution in [3.8, 4) is 0 Å². The molecule has 0 fully saturated rings. The van der Waals surface area contributed by atoms with Crippen LogP contribution in [0.25, 0.3) is 0 Å². The molecular formula is C12H15ClFN. The molecule has 15 heavy (non-hydrogen) atoms. The van der Waals surface area contributed by atoms with Crippen LogP contribution >= 0.6 is 11.6 Å². The monoisotopic (exact) mass is 227 g/mol. The van der Waals surface area contributed by atoms with Gasteiger partial charge in [-0.25, -0.2) is 4.39 Å². The fraction of sp³-hybridized carbons (Fsp3) is 0.333. The molecule has 1 nitrogen and oxygen atoms in total. The van der Waals surface area contributed by atoms with Crippen LogP contribution in [0.4, 0.5) is 4.39 Å². The van der Waals surface area contributed by atoms with Crippen molar-refractivity contribution in [2.75, 3.05) is 6.54 Å². The van der Waals surface area contributed by atoms with Gasteiger partial charge in [0.2, 0.25) is 0 Å². The Hall–Kier alpha value is -0.860. The summed E-state index contributed by atoms with van der Waals surface area (Å²) in [5.74, 6) is -0.309. The van der Waals surface area contributed by atoms with Crippen LogP contribution in [0.2, 0.25) is 5.02 Å². The molecule has 0 spiro atoms. The van der Waals surface area contributed by atoms with Crippen LogP contribution in [0, 0.1) is 5.82 Å². The van der Waals surface area contributed by atoms with Gasteiger partial charge in [-0.1, -0.05) is 29.8 Å². The molecule has 1 rings (SSSR count). The van der Waals surface area contributed by atoms with Gasteiger partial charge >= 0.3 is 0 Å². The summed E-state index contributed by atoms with van der Waals surface area (Å²) in [6.07, 6.45) is 0. The minimum Gasteiger partial charge on any atom is -0.306 e. The molecule has 0 amide bonds. The van der Waals surface area contributed by atoms with E-state index in [4.69, 9.17) is 11.6 Å². The molecule has 1 unspecified atom stereocenters. The first-order chi connectivity index (χ1) is 7.00. The zero-order chi connectivity index (χ0) is 11.4. The molecule has 1 atom stereocenters. The maximum atomic E-state index is 12.8. The Morgan fingerprint density at radius 3 is 2.80 bits per heavy atom. The van der Waals surface area contributed by atoms with Crippen molar-refractivity contribution in [2.24, 2.45) is 0 Å². The van der Waals surface area contributed by atoms with Gasteiger partial charge in [0, 0.05) is 17.6 Å². The predicted molar refractivity (Wildman–Crippen MR) is 62.6 cm³/mol. The quantitative estimate of drug-likeness (QED) is 0.774. The number of hydrogen-bond donors (Lipinski definition) is 1. The van der Waals surface area contributed by atoms with E-state index in [1.165, 1.54) is 12.1 Å². The smallest absolute Gasteiger partial charge is 0.124 e. The van der Waals surface area contributed by atoms with Crippen LogP contribution in [-0.4, -0.2) is 6.54 Å². The molecule has 1 N–H and O–H groups in total. The highest BCUT2D eigenvalue weighted by molar-refractivity contribution is 6.31. The van der Waals surface area contributed by atoms with Crippen LogP contribution in [0.5, 0.6) is 0 Å². The van der Waals surface area contributed by atoms with Gasteiger partial charge in [0.05, 0.1) is 0 Å². The van der Waals surface area contributed by atoms with E-state index in [-0.39, 0.29) is 11.9 Å². The van der Waals surface area contributed by atoms with Crippen molar-refractivity contribution in [2.45, 2.75) is 19.9 Å². The maximum Gasteiger partial charge on any atom is 0.124 e. The average molecular weight is 228 g/mol. The Labute approximate surface area is 95.0 Å². The molecule has 0 bridgehead atoms. The molecule has 0 aliphatic rings. The Balaban J connectivity index is 2.73. The van der Waals surface area contributed by atoms with Crippen molar-refractivity contribution >= 4 is 11.6 Å². The highest BCUT2D eigenvalue weighted by Crippen LogP contribution is 2.23. The number of benzene rings is 1. The molecule has 3 heteroatoms. The molecule has 0 saturated heterocycles. The maximum absolute atomic E-state index is 12.8. The molecule has 1 aromatic carbocycles. The third kappa shape index (κ3) is 3.65. The zero-order valence-corrected chi connectivity index (χ0v) is 9.74. The van der Waals surface area contributed by atoms with E-state index in [2.05, 4.69) is 11.9 Å². The molecule has 0 aliphatic heterocycles. The summed E-state index contributed by atoms with van der Waals surface area (Å²) in [7, 11) is 0. The predicted octanol–water partition coefficient (Wildman–Crippen LogP) is 3.71. The summed E-state index contributed by atoms with van der Waals surface area (Å²) in [6.45, 7) is 8.47. The standard InChI is InChI=1S/C12H15ClFN/c1-8(2)7-15-9(3)11-5-4-10(14)6-12(11)13/h4-6,9,15H,1,7H2,2-3H3. The lowest BCUT2D eigenvalue weighted by Gasteiger charge is -2.15. The molecule has 0 aromatic heterocycles. The summed E-state index contributed by atoms with van der Waals surface area (Å²) in [4.78, 5) is 0. The normalized spacial score (nSPS) is 12.5. The van der Waals surface area contributed by atoms with Crippen LogP contribution in [0.1, 0.15) is 25.5 Å². The first kappa shape index (κ1) is 12.2. The topological polar surface area (TPSA) is 12.0 Å². The summed E-state index contributed by atoms with van der Waals surface area (Å²) in [5.41, 5.74) is 1.96. The van der Waals surface area contributed by atoms with Crippen molar-refractivity contribution in [1.29, 1.82) is 0 Å². The van der Waals surface area contributed by atoms with E-state index in [9.17, 15) is 4.39 Å².